The normalized spacial score (nSPS) is 13.5. The fourth-order valence-electron chi connectivity index (χ4n) is 4.23. The minimum absolute atomic E-state index is 0.442. The minimum atomic E-state index is 0.442. The highest BCUT2D eigenvalue weighted by Crippen LogP contribution is 2.42. The molecule has 0 radical (unpaired) electrons. The van der Waals surface area contributed by atoms with Gasteiger partial charge in [-0.05, 0) is 38.0 Å². The zero-order valence-electron chi connectivity index (χ0n) is 16.4. The molecular weight excluding hydrogens is 268 g/mol. The van der Waals surface area contributed by atoms with Crippen molar-refractivity contribution in [1.29, 1.82) is 0 Å². The maximum atomic E-state index is 6.29. The molecule has 1 unspecified atom stereocenters. The van der Waals surface area contributed by atoms with E-state index in [1.807, 2.05) is 0 Å². The third kappa shape index (κ3) is 8.56. The quantitative estimate of drug-likeness (QED) is 0.268. The van der Waals surface area contributed by atoms with Gasteiger partial charge in [-0.1, -0.05) is 85.5 Å². The lowest BCUT2D eigenvalue weighted by molar-refractivity contribution is -0.0574. The predicted molar refractivity (Wildman–Crippen MR) is 101 cm³/mol. The first-order chi connectivity index (χ1) is 10.7. The lowest BCUT2D eigenvalue weighted by Crippen LogP contribution is -2.37. The second kappa shape index (κ2) is 14.5. The van der Waals surface area contributed by atoms with Gasteiger partial charge < -0.3 is 4.74 Å². The van der Waals surface area contributed by atoms with E-state index in [1.165, 1.54) is 83.5 Å². The van der Waals surface area contributed by atoms with Gasteiger partial charge in [0.2, 0.25) is 0 Å². The van der Waals surface area contributed by atoms with Crippen LogP contribution in [0.5, 0.6) is 0 Å². The lowest BCUT2D eigenvalue weighted by Gasteiger charge is -2.41. The molecule has 0 aromatic carbocycles. The van der Waals surface area contributed by atoms with Gasteiger partial charge in [-0.2, -0.15) is 0 Å². The molecular formula is C21H44O. The van der Waals surface area contributed by atoms with E-state index in [0.717, 1.165) is 6.61 Å². The Kier molecular flexibility index (Phi) is 14.5. The molecule has 0 N–H and O–H groups in total. The van der Waals surface area contributed by atoms with Crippen molar-refractivity contribution in [3.63, 3.8) is 0 Å². The smallest absolute Gasteiger partial charge is 0.0631 e. The number of unbranched alkanes of at least 4 members (excludes halogenated alkanes) is 5. The molecule has 1 heteroatoms. The van der Waals surface area contributed by atoms with Crippen LogP contribution in [0.3, 0.4) is 0 Å². The number of ether oxygens (including phenoxy) is 1. The second-order valence-corrected chi connectivity index (χ2v) is 7.11. The predicted octanol–water partition coefficient (Wildman–Crippen LogP) is 7.53. The molecule has 0 rings (SSSR count). The average molecular weight is 313 g/mol. The topological polar surface area (TPSA) is 9.23 Å². The zero-order valence-corrected chi connectivity index (χ0v) is 16.4. The van der Waals surface area contributed by atoms with Crippen LogP contribution in [-0.4, -0.2) is 12.7 Å². The fraction of sp³-hybridized carbons (Fsp3) is 1.00. The van der Waals surface area contributed by atoms with Gasteiger partial charge in [0.1, 0.15) is 0 Å². The standard InChI is InChI=1S/C21H44O/c1-6-11-12-13-14-15-16-20(22-10-5)21(17-7-2,18-8-3)19-9-4/h20H,6-19H2,1-5H3. The SMILES string of the molecule is CCCCCCCCC(OCC)C(CCC)(CCC)CCC. The molecule has 0 aromatic rings. The van der Waals surface area contributed by atoms with Crippen molar-refractivity contribution in [3.8, 4) is 0 Å². The van der Waals surface area contributed by atoms with Gasteiger partial charge >= 0.3 is 0 Å². The van der Waals surface area contributed by atoms with Crippen LogP contribution in [0.4, 0.5) is 0 Å². The van der Waals surface area contributed by atoms with Crippen molar-refractivity contribution in [2.45, 2.75) is 124 Å². The van der Waals surface area contributed by atoms with Crippen molar-refractivity contribution in [2.24, 2.45) is 5.41 Å². The zero-order chi connectivity index (χ0) is 16.7. The Labute approximate surface area is 141 Å². The first-order valence-electron chi connectivity index (χ1n) is 10.3. The third-order valence-corrected chi connectivity index (χ3v) is 5.11. The van der Waals surface area contributed by atoms with Crippen molar-refractivity contribution in [1.82, 2.24) is 0 Å². The van der Waals surface area contributed by atoms with Gasteiger partial charge in [0.05, 0.1) is 6.10 Å². The van der Waals surface area contributed by atoms with Gasteiger partial charge in [-0.3, -0.25) is 0 Å². The Balaban J connectivity index is 4.58. The van der Waals surface area contributed by atoms with E-state index in [2.05, 4.69) is 34.6 Å². The molecule has 134 valence electrons. The maximum Gasteiger partial charge on any atom is 0.0631 e. The molecule has 0 fully saturated rings. The Morgan fingerprint density at radius 2 is 1.14 bits per heavy atom. The number of hydrogen-bond donors (Lipinski definition) is 0. The summed E-state index contributed by atoms with van der Waals surface area (Å²) in [6, 6.07) is 0. The summed E-state index contributed by atoms with van der Waals surface area (Å²) >= 11 is 0. The van der Waals surface area contributed by atoms with Crippen LogP contribution < -0.4 is 0 Å². The molecule has 0 saturated heterocycles. The number of hydrogen-bond acceptors (Lipinski definition) is 1. The number of rotatable bonds is 16. The van der Waals surface area contributed by atoms with Crippen molar-refractivity contribution >= 4 is 0 Å². The van der Waals surface area contributed by atoms with Crippen LogP contribution in [0.2, 0.25) is 0 Å². The Bertz CT molecular complexity index is 207. The summed E-state index contributed by atoms with van der Waals surface area (Å²) in [4.78, 5) is 0. The van der Waals surface area contributed by atoms with E-state index >= 15 is 0 Å². The molecule has 1 nitrogen and oxygen atoms in total. The average Bonchev–Trinajstić information content (AvgIpc) is 2.50. The molecule has 0 spiro atoms. The van der Waals surface area contributed by atoms with Gasteiger partial charge in [0.15, 0.2) is 0 Å². The summed E-state index contributed by atoms with van der Waals surface area (Å²) in [7, 11) is 0. The molecule has 22 heavy (non-hydrogen) atoms. The van der Waals surface area contributed by atoms with Gasteiger partial charge in [0, 0.05) is 6.61 Å². The summed E-state index contributed by atoms with van der Waals surface area (Å²) in [5, 5.41) is 0. The van der Waals surface area contributed by atoms with Crippen LogP contribution in [0.15, 0.2) is 0 Å². The molecule has 0 saturated carbocycles. The van der Waals surface area contributed by atoms with Crippen molar-refractivity contribution < 1.29 is 4.74 Å². The van der Waals surface area contributed by atoms with E-state index in [1.54, 1.807) is 0 Å². The molecule has 0 heterocycles. The monoisotopic (exact) mass is 312 g/mol. The summed E-state index contributed by atoms with van der Waals surface area (Å²) < 4.78 is 6.29. The van der Waals surface area contributed by atoms with E-state index in [0.29, 0.717) is 11.5 Å². The summed E-state index contributed by atoms with van der Waals surface area (Å²) in [6.45, 7) is 12.4. The molecule has 0 bridgehead atoms. The highest BCUT2D eigenvalue weighted by Gasteiger charge is 2.36. The van der Waals surface area contributed by atoms with E-state index in [9.17, 15) is 0 Å². The molecule has 0 aliphatic rings. The second-order valence-electron chi connectivity index (χ2n) is 7.11. The van der Waals surface area contributed by atoms with E-state index in [-0.39, 0.29) is 0 Å². The van der Waals surface area contributed by atoms with Crippen molar-refractivity contribution in [3.05, 3.63) is 0 Å². The van der Waals surface area contributed by atoms with Crippen LogP contribution in [0.25, 0.3) is 0 Å². The highest BCUT2D eigenvalue weighted by molar-refractivity contribution is 4.87. The largest absolute Gasteiger partial charge is 0.378 e. The fourth-order valence-corrected chi connectivity index (χ4v) is 4.23. The first kappa shape index (κ1) is 22.0. The summed E-state index contributed by atoms with van der Waals surface area (Å²) in [5.41, 5.74) is 0.442. The maximum absolute atomic E-state index is 6.29. The lowest BCUT2D eigenvalue weighted by atomic mass is 9.70. The van der Waals surface area contributed by atoms with Crippen LogP contribution in [0, 0.1) is 5.41 Å². The van der Waals surface area contributed by atoms with Crippen LogP contribution in [-0.2, 0) is 4.74 Å². The Hall–Kier alpha value is -0.0400. The van der Waals surface area contributed by atoms with Crippen molar-refractivity contribution in [2.75, 3.05) is 6.61 Å². The van der Waals surface area contributed by atoms with Gasteiger partial charge in [0.25, 0.3) is 0 Å². The Morgan fingerprint density at radius 3 is 1.59 bits per heavy atom. The van der Waals surface area contributed by atoms with Gasteiger partial charge in [-0.15, -0.1) is 0 Å². The Morgan fingerprint density at radius 1 is 0.636 bits per heavy atom. The molecule has 0 aliphatic carbocycles. The molecule has 1 atom stereocenters. The summed E-state index contributed by atoms with van der Waals surface area (Å²) in [6.07, 6.45) is 18.0. The highest BCUT2D eigenvalue weighted by atomic mass is 16.5. The molecule has 0 aliphatic heterocycles. The van der Waals surface area contributed by atoms with Crippen LogP contribution >= 0.6 is 0 Å². The van der Waals surface area contributed by atoms with Gasteiger partial charge in [-0.25, -0.2) is 0 Å². The molecule has 0 aromatic heterocycles. The first-order valence-corrected chi connectivity index (χ1v) is 10.3. The third-order valence-electron chi connectivity index (χ3n) is 5.11. The summed E-state index contributed by atoms with van der Waals surface area (Å²) in [5.74, 6) is 0. The minimum Gasteiger partial charge on any atom is -0.378 e. The van der Waals surface area contributed by atoms with E-state index < -0.39 is 0 Å². The van der Waals surface area contributed by atoms with E-state index in [4.69, 9.17) is 4.74 Å². The van der Waals surface area contributed by atoms with Crippen LogP contribution in [0.1, 0.15) is 118 Å². The molecule has 0 amide bonds.